The van der Waals surface area contributed by atoms with Crippen molar-refractivity contribution in [3.05, 3.63) is 59.9 Å². The number of pyridine rings is 1. The second kappa shape index (κ2) is 7.65. The molecule has 1 N–H and O–H groups in total. The molecule has 1 atom stereocenters. The number of nitrogens with zero attached hydrogens (tertiary/aromatic N) is 1. The molecule has 3 nitrogen and oxygen atoms in total. The maximum absolute atomic E-state index is 5.58. The second-order valence-corrected chi connectivity index (χ2v) is 4.88. The normalized spacial score (nSPS) is 12.1. The van der Waals surface area contributed by atoms with Crippen molar-refractivity contribution in [1.82, 2.24) is 10.3 Å². The van der Waals surface area contributed by atoms with Crippen molar-refractivity contribution < 1.29 is 4.74 Å². The van der Waals surface area contributed by atoms with Crippen molar-refractivity contribution in [2.75, 3.05) is 6.61 Å². The van der Waals surface area contributed by atoms with Gasteiger partial charge in [0.25, 0.3) is 0 Å². The van der Waals surface area contributed by atoms with E-state index < -0.39 is 0 Å². The fraction of sp³-hybridized carbons (Fsp3) is 0.353. The Morgan fingerprint density at radius 2 is 2.00 bits per heavy atom. The molecule has 1 unspecified atom stereocenters. The van der Waals surface area contributed by atoms with Crippen molar-refractivity contribution in [3.63, 3.8) is 0 Å². The third-order valence-corrected chi connectivity index (χ3v) is 3.19. The van der Waals surface area contributed by atoms with Crippen LogP contribution >= 0.6 is 0 Å². The predicted molar refractivity (Wildman–Crippen MR) is 81.7 cm³/mol. The average molecular weight is 270 g/mol. The molecule has 0 saturated heterocycles. The van der Waals surface area contributed by atoms with Gasteiger partial charge in [-0.05, 0) is 42.7 Å². The monoisotopic (exact) mass is 270 g/mol. The number of rotatable bonds is 7. The van der Waals surface area contributed by atoms with Crippen LogP contribution in [0.15, 0.2) is 48.8 Å². The Balaban J connectivity index is 1.84. The maximum Gasteiger partial charge on any atom is 0.119 e. The molecule has 0 aliphatic heterocycles. The summed E-state index contributed by atoms with van der Waals surface area (Å²) in [5, 5.41) is 3.50. The Labute approximate surface area is 121 Å². The molecule has 0 fully saturated rings. The molecule has 0 saturated carbocycles. The fourth-order valence-electron chi connectivity index (χ4n) is 1.94. The van der Waals surface area contributed by atoms with Crippen LogP contribution in [0.2, 0.25) is 0 Å². The van der Waals surface area contributed by atoms with Crippen LogP contribution in [-0.4, -0.2) is 11.6 Å². The Morgan fingerprint density at radius 1 is 1.20 bits per heavy atom. The molecule has 0 aliphatic carbocycles. The largest absolute Gasteiger partial charge is 0.494 e. The number of hydrogen-bond acceptors (Lipinski definition) is 3. The molecule has 1 aromatic carbocycles. The number of benzene rings is 1. The highest BCUT2D eigenvalue weighted by Crippen LogP contribution is 2.14. The molecule has 0 amide bonds. The molecule has 2 rings (SSSR count). The molecule has 2 aromatic rings. The smallest absolute Gasteiger partial charge is 0.119 e. The van der Waals surface area contributed by atoms with E-state index in [-0.39, 0.29) is 0 Å². The highest BCUT2D eigenvalue weighted by Gasteiger charge is 2.04. The van der Waals surface area contributed by atoms with E-state index in [0.717, 1.165) is 25.3 Å². The van der Waals surface area contributed by atoms with Gasteiger partial charge < -0.3 is 10.1 Å². The first-order chi connectivity index (χ1) is 9.79. The van der Waals surface area contributed by atoms with Crippen molar-refractivity contribution in [2.24, 2.45) is 0 Å². The van der Waals surface area contributed by atoms with E-state index in [0.29, 0.717) is 6.04 Å². The molecule has 1 aromatic heterocycles. The Hall–Kier alpha value is -1.87. The fourth-order valence-corrected chi connectivity index (χ4v) is 1.94. The van der Waals surface area contributed by atoms with Crippen molar-refractivity contribution in [1.29, 1.82) is 0 Å². The minimum Gasteiger partial charge on any atom is -0.494 e. The average Bonchev–Trinajstić information content (AvgIpc) is 2.52. The first kappa shape index (κ1) is 14.5. The quantitative estimate of drug-likeness (QED) is 0.832. The summed E-state index contributed by atoms with van der Waals surface area (Å²) in [5.74, 6) is 0.941. The second-order valence-electron chi connectivity index (χ2n) is 4.88. The van der Waals surface area contributed by atoms with E-state index in [9.17, 15) is 0 Å². The van der Waals surface area contributed by atoms with E-state index in [1.165, 1.54) is 11.1 Å². The van der Waals surface area contributed by atoms with Gasteiger partial charge in [0.2, 0.25) is 0 Å². The van der Waals surface area contributed by atoms with Crippen LogP contribution in [-0.2, 0) is 6.54 Å². The Kier molecular flexibility index (Phi) is 5.56. The molecule has 0 spiro atoms. The van der Waals surface area contributed by atoms with Gasteiger partial charge in [-0.15, -0.1) is 0 Å². The van der Waals surface area contributed by atoms with E-state index in [1.807, 2.05) is 24.4 Å². The minimum absolute atomic E-state index is 0.291. The van der Waals surface area contributed by atoms with Gasteiger partial charge in [-0.2, -0.15) is 0 Å². The summed E-state index contributed by atoms with van der Waals surface area (Å²) in [7, 11) is 0. The lowest BCUT2D eigenvalue weighted by molar-refractivity contribution is 0.317. The standard InChI is InChI=1S/C17H22N2O/c1-3-11-20-17-8-6-15(7-9-17)12-19-14(2)16-5-4-10-18-13-16/h4-10,13-14,19H,3,11-12H2,1-2H3. The summed E-state index contributed by atoms with van der Waals surface area (Å²) < 4.78 is 5.58. The lowest BCUT2D eigenvalue weighted by atomic mass is 10.1. The summed E-state index contributed by atoms with van der Waals surface area (Å²) >= 11 is 0. The molecule has 3 heteroatoms. The summed E-state index contributed by atoms with van der Waals surface area (Å²) in [5.41, 5.74) is 2.46. The lowest BCUT2D eigenvalue weighted by Crippen LogP contribution is -2.18. The Bertz CT molecular complexity index is 496. The predicted octanol–water partition coefficient (Wildman–Crippen LogP) is 3.72. The molecular weight excluding hydrogens is 248 g/mol. The lowest BCUT2D eigenvalue weighted by Gasteiger charge is -2.14. The Morgan fingerprint density at radius 3 is 2.65 bits per heavy atom. The van der Waals surface area contributed by atoms with Crippen molar-refractivity contribution >= 4 is 0 Å². The molecule has 0 aliphatic rings. The van der Waals surface area contributed by atoms with Gasteiger partial charge in [-0.3, -0.25) is 4.98 Å². The zero-order chi connectivity index (χ0) is 14.2. The first-order valence-electron chi connectivity index (χ1n) is 7.14. The van der Waals surface area contributed by atoms with Crippen LogP contribution < -0.4 is 10.1 Å². The zero-order valence-corrected chi connectivity index (χ0v) is 12.2. The highest BCUT2D eigenvalue weighted by molar-refractivity contribution is 5.27. The van der Waals surface area contributed by atoms with Crippen molar-refractivity contribution in [2.45, 2.75) is 32.9 Å². The number of ether oxygens (including phenoxy) is 1. The van der Waals surface area contributed by atoms with Crippen LogP contribution in [0.5, 0.6) is 5.75 Å². The van der Waals surface area contributed by atoms with Crippen LogP contribution in [0, 0.1) is 0 Å². The van der Waals surface area contributed by atoms with Crippen LogP contribution in [0.1, 0.15) is 37.4 Å². The highest BCUT2D eigenvalue weighted by atomic mass is 16.5. The third kappa shape index (κ3) is 4.35. The van der Waals surface area contributed by atoms with Gasteiger partial charge in [0, 0.05) is 25.0 Å². The molecule has 20 heavy (non-hydrogen) atoms. The minimum atomic E-state index is 0.291. The van der Waals surface area contributed by atoms with Gasteiger partial charge in [-0.25, -0.2) is 0 Å². The van der Waals surface area contributed by atoms with Crippen molar-refractivity contribution in [3.8, 4) is 5.75 Å². The van der Waals surface area contributed by atoms with E-state index >= 15 is 0 Å². The van der Waals surface area contributed by atoms with Gasteiger partial charge in [0.05, 0.1) is 6.61 Å². The SMILES string of the molecule is CCCOc1ccc(CNC(C)c2cccnc2)cc1. The summed E-state index contributed by atoms with van der Waals surface area (Å²) in [4.78, 5) is 4.14. The summed E-state index contributed by atoms with van der Waals surface area (Å²) in [6.07, 6.45) is 4.73. The number of nitrogens with one attached hydrogen (secondary N) is 1. The van der Waals surface area contributed by atoms with E-state index in [2.05, 4.69) is 42.3 Å². The molecule has 0 bridgehead atoms. The third-order valence-electron chi connectivity index (χ3n) is 3.19. The van der Waals surface area contributed by atoms with E-state index in [1.54, 1.807) is 6.20 Å². The number of hydrogen-bond donors (Lipinski definition) is 1. The van der Waals surface area contributed by atoms with Crippen LogP contribution in [0.4, 0.5) is 0 Å². The van der Waals surface area contributed by atoms with Gasteiger partial charge >= 0.3 is 0 Å². The van der Waals surface area contributed by atoms with Gasteiger partial charge in [0.15, 0.2) is 0 Å². The van der Waals surface area contributed by atoms with E-state index in [4.69, 9.17) is 4.74 Å². The zero-order valence-electron chi connectivity index (χ0n) is 12.2. The van der Waals surface area contributed by atoms with Gasteiger partial charge in [-0.1, -0.05) is 25.1 Å². The molecule has 0 radical (unpaired) electrons. The molecule has 1 heterocycles. The summed E-state index contributed by atoms with van der Waals surface area (Å²) in [6.45, 7) is 5.87. The molecular formula is C17H22N2O. The topological polar surface area (TPSA) is 34.1 Å². The van der Waals surface area contributed by atoms with Crippen LogP contribution in [0.25, 0.3) is 0 Å². The molecule has 106 valence electrons. The van der Waals surface area contributed by atoms with Gasteiger partial charge in [0.1, 0.15) is 5.75 Å². The maximum atomic E-state index is 5.58. The first-order valence-corrected chi connectivity index (χ1v) is 7.14. The number of aromatic nitrogens is 1. The summed E-state index contributed by atoms with van der Waals surface area (Å²) in [6, 6.07) is 12.6. The van der Waals surface area contributed by atoms with Crippen LogP contribution in [0.3, 0.4) is 0 Å².